The lowest BCUT2D eigenvalue weighted by Crippen LogP contribution is -2.45. The highest BCUT2D eigenvalue weighted by Crippen LogP contribution is 2.43. The summed E-state index contributed by atoms with van der Waals surface area (Å²) in [4.78, 5) is 19.1. The number of hydrogen-bond acceptors (Lipinski definition) is 6. The predicted molar refractivity (Wildman–Crippen MR) is 111 cm³/mol. The number of Topliss-reactive ketones (excluding diaryl/α,β-unsaturated/α-hetero) is 1. The molecule has 1 aliphatic heterocycles. The minimum atomic E-state index is -1.59. The molecule has 0 amide bonds. The zero-order chi connectivity index (χ0) is 21.6. The van der Waals surface area contributed by atoms with Crippen molar-refractivity contribution in [3.63, 3.8) is 0 Å². The van der Waals surface area contributed by atoms with Gasteiger partial charge >= 0.3 is 5.79 Å². The van der Waals surface area contributed by atoms with Crippen molar-refractivity contribution >= 4 is 11.7 Å². The topological polar surface area (TPSA) is 66.4 Å². The summed E-state index contributed by atoms with van der Waals surface area (Å²) in [6, 6.07) is 5.28. The fourth-order valence-electron chi connectivity index (χ4n) is 3.23. The van der Waals surface area contributed by atoms with Gasteiger partial charge in [-0.05, 0) is 39.8 Å². The monoisotopic (exact) mass is 399 g/mol. The van der Waals surface area contributed by atoms with Gasteiger partial charge in [-0.2, -0.15) is 0 Å². The number of nitrogens with zero attached hydrogens (tertiary/aromatic N) is 1. The Bertz CT molecular complexity index is 928. The molecule has 0 saturated heterocycles. The molecule has 0 radical (unpaired) electrons. The first-order valence-corrected chi connectivity index (χ1v) is 9.59. The van der Waals surface area contributed by atoms with Crippen LogP contribution in [0.4, 0.5) is 0 Å². The van der Waals surface area contributed by atoms with E-state index in [1.54, 1.807) is 38.5 Å². The van der Waals surface area contributed by atoms with Crippen molar-refractivity contribution in [2.24, 2.45) is 16.0 Å². The van der Waals surface area contributed by atoms with Gasteiger partial charge in [0.25, 0.3) is 5.90 Å². The van der Waals surface area contributed by atoms with Gasteiger partial charge in [0.1, 0.15) is 0 Å². The average molecular weight is 399 g/mol. The van der Waals surface area contributed by atoms with E-state index < -0.39 is 5.79 Å². The smallest absolute Gasteiger partial charge is 0.361 e. The number of oxime groups is 1. The van der Waals surface area contributed by atoms with Crippen LogP contribution in [-0.2, 0) is 14.4 Å². The van der Waals surface area contributed by atoms with Crippen molar-refractivity contribution in [1.82, 2.24) is 0 Å². The number of carbonyl (C=O) groups excluding carboxylic acids is 1. The standard InChI is InChI=1S/C23H29NO5/c1-21(2,3)15-12-16(22(4,5)6)19(25)23(13-15)28-20(24-29-23)14-9-10-17(26-7)18(11-14)27-8/h9-13H,1-8H3. The summed E-state index contributed by atoms with van der Waals surface area (Å²) in [6.45, 7) is 12.3. The number of allylic oxidation sites excluding steroid dienone is 2. The van der Waals surface area contributed by atoms with Gasteiger partial charge in [0.2, 0.25) is 5.78 Å². The van der Waals surface area contributed by atoms with Crippen molar-refractivity contribution in [2.45, 2.75) is 47.3 Å². The number of carbonyl (C=O) groups is 1. The molecule has 29 heavy (non-hydrogen) atoms. The van der Waals surface area contributed by atoms with Gasteiger partial charge in [-0.25, -0.2) is 0 Å². The Kier molecular flexibility index (Phi) is 5.01. The quantitative estimate of drug-likeness (QED) is 0.741. The van der Waals surface area contributed by atoms with E-state index in [9.17, 15) is 4.79 Å². The van der Waals surface area contributed by atoms with Crippen LogP contribution in [0.2, 0.25) is 0 Å². The third kappa shape index (κ3) is 3.76. The van der Waals surface area contributed by atoms with Gasteiger partial charge in [0.15, 0.2) is 11.5 Å². The van der Waals surface area contributed by atoms with E-state index in [0.29, 0.717) is 22.6 Å². The minimum Gasteiger partial charge on any atom is -0.493 e. The van der Waals surface area contributed by atoms with Crippen LogP contribution in [-0.4, -0.2) is 31.7 Å². The van der Waals surface area contributed by atoms with Crippen LogP contribution in [0, 0.1) is 10.8 Å². The second-order valence-corrected chi connectivity index (χ2v) is 9.31. The highest BCUT2D eigenvalue weighted by atomic mass is 16.8. The Morgan fingerprint density at radius 3 is 2.17 bits per heavy atom. The van der Waals surface area contributed by atoms with Crippen LogP contribution >= 0.6 is 0 Å². The zero-order valence-electron chi connectivity index (χ0n) is 18.4. The van der Waals surface area contributed by atoms with Crippen LogP contribution in [0.5, 0.6) is 11.5 Å². The van der Waals surface area contributed by atoms with Gasteiger partial charge < -0.3 is 19.0 Å². The molecule has 1 aromatic carbocycles. The predicted octanol–water partition coefficient (Wildman–Crippen LogP) is 4.64. The Labute approximate surface area is 172 Å². The van der Waals surface area contributed by atoms with Gasteiger partial charge in [-0.1, -0.05) is 47.6 Å². The fourth-order valence-corrected chi connectivity index (χ4v) is 3.23. The summed E-state index contributed by atoms with van der Waals surface area (Å²) in [5.41, 5.74) is 1.68. The van der Waals surface area contributed by atoms with Crippen molar-refractivity contribution < 1.29 is 23.8 Å². The molecule has 1 atom stereocenters. The first-order valence-electron chi connectivity index (χ1n) is 9.59. The van der Waals surface area contributed by atoms with Crippen molar-refractivity contribution in [2.75, 3.05) is 14.2 Å². The second-order valence-electron chi connectivity index (χ2n) is 9.31. The van der Waals surface area contributed by atoms with Gasteiger partial charge in [0.05, 0.1) is 14.2 Å². The van der Waals surface area contributed by atoms with Crippen LogP contribution in [0.15, 0.2) is 46.7 Å². The van der Waals surface area contributed by atoms with E-state index in [1.165, 1.54) is 0 Å². The van der Waals surface area contributed by atoms with E-state index in [0.717, 1.165) is 5.57 Å². The van der Waals surface area contributed by atoms with Gasteiger partial charge in [0, 0.05) is 17.2 Å². The van der Waals surface area contributed by atoms with E-state index in [4.69, 9.17) is 19.0 Å². The molecule has 0 aromatic heterocycles. The molecule has 0 N–H and O–H groups in total. The Morgan fingerprint density at radius 1 is 0.966 bits per heavy atom. The van der Waals surface area contributed by atoms with Crippen LogP contribution in [0.1, 0.15) is 47.1 Å². The first kappa shape index (κ1) is 21.0. The number of ketones is 1. The van der Waals surface area contributed by atoms with Crippen LogP contribution in [0.25, 0.3) is 0 Å². The third-order valence-electron chi connectivity index (χ3n) is 5.02. The van der Waals surface area contributed by atoms with E-state index in [1.807, 2.05) is 26.8 Å². The lowest BCUT2D eigenvalue weighted by atomic mass is 9.73. The molecule has 6 nitrogen and oxygen atoms in total. The summed E-state index contributed by atoms with van der Waals surface area (Å²) in [5, 5.41) is 4.10. The molecule has 0 bridgehead atoms. The zero-order valence-corrected chi connectivity index (χ0v) is 18.4. The molecule has 156 valence electrons. The van der Waals surface area contributed by atoms with Gasteiger partial charge in [-0.15, -0.1) is 0 Å². The van der Waals surface area contributed by atoms with E-state index >= 15 is 0 Å². The summed E-state index contributed by atoms with van der Waals surface area (Å²) >= 11 is 0. The summed E-state index contributed by atoms with van der Waals surface area (Å²) in [5.74, 6) is -0.487. The van der Waals surface area contributed by atoms with Crippen molar-refractivity contribution in [3.05, 3.63) is 47.1 Å². The molecule has 1 heterocycles. The normalized spacial score (nSPS) is 21.8. The Hall–Kier alpha value is -2.76. The van der Waals surface area contributed by atoms with Gasteiger partial charge in [-0.3, -0.25) is 4.79 Å². The molecule has 0 fully saturated rings. The molecule has 1 aromatic rings. The second kappa shape index (κ2) is 6.94. The number of hydrogen-bond donors (Lipinski definition) is 0. The molecular formula is C23H29NO5. The number of methoxy groups -OCH3 is 2. The lowest BCUT2D eigenvalue weighted by Gasteiger charge is -2.35. The molecule has 3 rings (SSSR count). The summed E-state index contributed by atoms with van der Waals surface area (Å²) in [7, 11) is 3.12. The highest BCUT2D eigenvalue weighted by molar-refractivity contribution is 6.08. The molecule has 1 aliphatic carbocycles. The molecule has 1 spiro atoms. The number of ether oxygens (including phenoxy) is 3. The molecular weight excluding hydrogens is 370 g/mol. The average Bonchev–Trinajstić information content (AvgIpc) is 3.06. The molecule has 2 aliphatic rings. The maximum atomic E-state index is 13.4. The summed E-state index contributed by atoms with van der Waals surface area (Å²) < 4.78 is 16.7. The maximum Gasteiger partial charge on any atom is 0.361 e. The fraction of sp³-hybridized carbons (Fsp3) is 0.478. The molecule has 0 saturated carbocycles. The summed E-state index contributed by atoms with van der Waals surface area (Å²) in [6.07, 6.45) is 3.69. The Morgan fingerprint density at radius 2 is 1.62 bits per heavy atom. The minimum absolute atomic E-state index is 0.191. The van der Waals surface area contributed by atoms with Crippen LogP contribution < -0.4 is 9.47 Å². The molecule has 6 heteroatoms. The number of benzene rings is 1. The number of rotatable bonds is 3. The van der Waals surface area contributed by atoms with E-state index in [-0.39, 0.29) is 22.5 Å². The highest BCUT2D eigenvalue weighted by Gasteiger charge is 2.53. The lowest BCUT2D eigenvalue weighted by molar-refractivity contribution is -0.162. The largest absolute Gasteiger partial charge is 0.493 e. The first-order chi connectivity index (χ1) is 13.4. The third-order valence-corrected chi connectivity index (χ3v) is 5.02. The SMILES string of the molecule is COc1ccc(C2=NOC3(C=C(C(C)(C)C)C=C(C(C)(C)C)C3=O)O2)cc1OC. The maximum absolute atomic E-state index is 13.4. The van der Waals surface area contributed by atoms with Crippen molar-refractivity contribution in [3.8, 4) is 11.5 Å². The van der Waals surface area contributed by atoms with Crippen LogP contribution in [0.3, 0.4) is 0 Å². The Balaban J connectivity index is 2.01. The molecule has 1 unspecified atom stereocenters. The van der Waals surface area contributed by atoms with E-state index in [2.05, 4.69) is 25.9 Å². The van der Waals surface area contributed by atoms with Crippen molar-refractivity contribution in [1.29, 1.82) is 0 Å².